The van der Waals surface area contributed by atoms with Gasteiger partial charge in [-0.2, -0.15) is 5.10 Å². The first kappa shape index (κ1) is 18.3. The Morgan fingerprint density at radius 2 is 2.15 bits per heavy atom. The summed E-state index contributed by atoms with van der Waals surface area (Å²) in [6, 6.07) is 3.98. The summed E-state index contributed by atoms with van der Waals surface area (Å²) in [4.78, 5) is 27.2. The lowest BCUT2D eigenvalue weighted by atomic mass is 10.0. The van der Waals surface area contributed by atoms with Crippen molar-refractivity contribution in [2.24, 2.45) is 0 Å². The summed E-state index contributed by atoms with van der Waals surface area (Å²) in [5, 5.41) is 4.33. The molecule has 1 aromatic heterocycles. The van der Waals surface area contributed by atoms with Crippen molar-refractivity contribution in [1.82, 2.24) is 19.2 Å². The predicted molar refractivity (Wildman–Crippen MR) is 97.8 cm³/mol. The molecule has 0 bridgehead atoms. The molecule has 1 amide bonds. The molecule has 0 radical (unpaired) electrons. The maximum absolute atomic E-state index is 14.1. The van der Waals surface area contributed by atoms with Crippen LogP contribution in [0.5, 0.6) is 0 Å². The average molecular weight is 441 g/mol. The van der Waals surface area contributed by atoms with Gasteiger partial charge in [0.05, 0.1) is 13.1 Å². The number of nitrogens with zero attached hydrogens (tertiary/aromatic N) is 4. The van der Waals surface area contributed by atoms with Crippen LogP contribution in [0.4, 0.5) is 8.78 Å². The topological polar surface area (TPSA) is 60.1 Å². The van der Waals surface area contributed by atoms with Gasteiger partial charge in [0.2, 0.25) is 5.91 Å². The van der Waals surface area contributed by atoms with Crippen LogP contribution in [0.15, 0.2) is 27.5 Å². The van der Waals surface area contributed by atoms with Crippen LogP contribution in [0, 0.1) is 5.82 Å². The Kier molecular flexibility index (Phi) is 4.88. The Bertz CT molecular complexity index is 942. The van der Waals surface area contributed by atoms with E-state index in [0.29, 0.717) is 41.7 Å². The van der Waals surface area contributed by atoms with E-state index in [4.69, 9.17) is 0 Å². The molecule has 27 heavy (non-hydrogen) atoms. The normalized spacial score (nSPS) is 22.1. The van der Waals surface area contributed by atoms with E-state index in [9.17, 15) is 18.4 Å². The second-order valence-electron chi connectivity index (χ2n) is 7.04. The Hall–Kier alpha value is -2.03. The molecular weight excluding hydrogens is 422 g/mol. The molecule has 1 saturated heterocycles. The molecule has 2 aliphatic rings. The lowest BCUT2D eigenvalue weighted by molar-refractivity contribution is -0.134. The fourth-order valence-corrected chi connectivity index (χ4v) is 4.14. The van der Waals surface area contributed by atoms with E-state index in [0.717, 1.165) is 6.42 Å². The van der Waals surface area contributed by atoms with Crippen LogP contribution in [0.25, 0.3) is 0 Å². The molecule has 0 saturated carbocycles. The standard InChI is InChI=1S/C18H19BrF2N4O2/c19-12-5-4-11(14(21)8-12)9-24-18(27)25-15(2-1-3-16(25)22-24)17(26)23-7-6-13(20)10-23/h4-5,8,13,15H,1-3,6-7,9-10H2/t13-,15-/m0/s1. The molecule has 3 heterocycles. The van der Waals surface area contributed by atoms with Crippen molar-refractivity contribution in [3.05, 3.63) is 50.4 Å². The zero-order chi connectivity index (χ0) is 19.1. The van der Waals surface area contributed by atoms with Crippen LogP contribution < -0.4 is 5.69 Å². The van der Waals surface area contributed by atoms with Crippen molar-refractivity contribution in [2.75, 3.05) is 13.1 Å². The number of alkyl halides is 1. The summed E-state index contributed by atoms with van der Waals surface area (Å²) in [6.07, 6.45) is 1.17. The van der Waals surface area contributed by atoms with Crippen LogP contribution in [-0.4, -0.2) is 44.4 Å². The van der Waals surface area contributed by atoms with E-state index in [1.54, 1.807) is 12.1 Å². The number of benzene rings is 1. The third-order valence-corrected chi connectivity index (χ3v) is 5.69. The fraction of sp³-hybridized carbons (Fsp3) is 0.500. The maximum atomic E-state index is 14.1. The zero-order valence-electron chi connectivity index (χ0n) is 14.6. The van der Waals surface area contributed by atoms with Crippen LogP contribution in [0.2, 0.25) is 0 Å². The van der Waals surface area contributed by atoms with Crippen molar-refractivity contribution in [2.45, 2.75) is 44.4 Å². The minimum Gasteiger partial charge on any atom is -0.338 e. The summed E-state index contributed by atoms with van der Waals surface area (Å²) in [5.74, 6) is -0.133. The van der Waals surface area contributed by atoms with Crippen LogP contribution in [-0.2, 0) is 17.8 Å². The van der Waals surface area contributed by atoms with Gasteiger partial charge in [0, 0.05) is 23.0 Å². The van der Waals surface area contributed by atoms with Gasteiger partial charge in [0.15, 0.2) is 0 Å². The number of halogens is 3. The first-order valence-corrected chi connectivity index (χ1v) is 9.78. The zero-order valence-corrected chi connectivity index (χ0v) is 16.2. The quantitative estimate of drug-likeness (QED) is 0.736. The summed E-state index contributed by atoms with van der Waals surface area (Å²) >= 11 is 3.21. The molecule has 2 atom stereocenters. The third-order valence-electron chi connectivity index (χ3n) is 5.19. The number of carbonyl (C=O) groups is 1. The first-order chi connectivity index (χ1) is 12.9. The van der Waals surface area contributed by atoms with Gasteiger partial charge in [0.1, 0.15) is 23.9 Å². The Balaban J connectivity index is 1.64. The highest BCUT2D eigenvalue weighted by molar-refractivity contribution is 9.10. The highest BCUT2D eigenvalue weighted by Crippen LogP contribution is 2.26. The molecule has 0 aliphatic carbocycles. The van der Waals surface area contributed by atoms with Crippen molar-refractivity contribution >= 4 is 21.8 Å². The minimum atomic E-state index is -1.00. The molecule has 1 fully saturated rings. The summed E-state index contributed by atoms with van der Waals surface area (Å²) < 4.78 is 30.8. The Morgan fingerprint density at radius 3 is 2.85 bits per heavy atom. The number of hydrogen-bond donors (Lipinski definition) is 0. The largest absolute Gasteiger partial charge is 0.346 e. The molecular formula is C18H19BrF2N4O2. The molecule has 144 valence electrons. The van der Waals surface area contributed by atoms with E-state index < -0.39 is 23.7 Å². The smallest absolute Gasteiger partial charge is 0.338 e. The van der Waals surface area contributed by atoms with Gasteiger partial charge >= 0.3 is 5.69 Å². The number of amides is 1. The predicted octanol–water partition coefficient (Wildman–Crippen LogP) is 2.44. The van der Waals surface area contributed by atoms with E-state index in [2.05, 4.69) is 21.0 Å². The number of aromatic nitrogens is 3. The van der Waals surface area contributed by atoms with E-state index >= 15 is 0 Å². The fourth-order valence-electron chi connectivity index (χ4n) is 3.81. The second-order valence-corrected chi connectivity index (χ2v) is 7.96. The number of carbonyl (C=O) groups excluding carboxylic acids is 1. The summed E-state index contributed by atoms with van der Waals surface area (Å²) in [7, 11) is 0. The maximum Gasteiger partial charge on any atom is 0.346 e. The second kappa shape index (κ2) is 7.18. The summed E-state index contributed by atoms with van der Waals surface area (Å²) in [6.45, 7) is 0.450. The number of hydrogen-bond acceptors (Lipinski definition) is 3. The van der Waals surface area contributed by atoms with Crippen molar-refractivity contribution in [3.63, 3.8) is 0 Å². The van der Waals surface area contributed by atoms with Crippen molar-refractivity contribution < 1.29 is 13.6 Å². The monoisotopic (exact) mass is 440 g/mol. The van der Waals surface area contributed by atoms with E-state index in [-0.39, 0.29) is 19.0 Å². The van der Waals surface area contributed by atoms with Gasteiger partial charge < -0.3 is 4.90 Å². The molecule has 0 N–H and O–H groups in total. The number of rotatable bonds is 3. The van der Waals surface area contributed by atoms with Crippen LogP contribution in [0.1, 0.15) is 36.7 Å². The van der Waals surface area contributed by atoms with Gasteiger partial charge in [-0.1, -0.05) is 22.0 Å². The summed E-state index contributed by atoms with van der Waals surface area (Å²) in [5.41, 5.74) is -0.0835. The number of likely N-dealkylation sites (tertiary alicyclic amines) is 1. The first-order valence-electron chi connectivity index (χ1n) is 8.99. The van der Waals surface area contributed by atoms with Gasteiger partial charge in [-0.25, -0.2) is 18.3 Å². The van der Waals surface area contributed by atoms with Gasteiger partial charge in [0.25, 0.3) is 0 Å². The highest BCUT2D eigenvalue weighted by Gasteiger charge is 2.36. The lowest BCUT2D eigenvalue weighted by Crippen LogP contribution is -2.41. The highest BCUT2D eigenvalue weighted by atomic mass is 79.9. The number of fused-ring (bicyclic) bond motifs is 1. The molecule has 4 rings (SSSR count). The Morgan fingerprint density at radius 1 is 1.33 bits per heavy atom. The average Bonchev–Trinajstić information content (AvgIpc) is 3.21. The van der Waals surface area contributed by atoms with Gasteiger partial charge in [-0.05, 0) is 31.4 Å². The SMILES string of the molecule is O=C([C@@H]1CCCc2nn(Cc3ccc(Br)cc3F)c(=O)n21)N1CC[C@H](F)C1. The molecule has 9 heteroatoms. The number of aryl methyl sites for hydroxylation is 1. The molecule has 1 aromatic carbocycles. The molecule has 2 aromatic rings. The molecule has 6 nitrogen and oxygen atoms in total. The molecule has 2 aliphatic heterocycles. The lowest BCUT2D eigenvalue weighted by Gasteiger charge is -2.26. The molecule has 0 unspecified atom stereocenters. The van der Waals surface area contributed by atoms with Crippen molar-refractivity contribution in [1.29, 1.82) is 0 Å². The van der Waals surface area contributed by atoms with E-state index in [1.165, 1.54) is 20.2 Å². The van der Waals surface area contributed by atoms with E-state index in [1.807, 2.05) is 0 Å². The third kappa shape index (κ3) is 3.44. The molecule has 0 spiro atoms. The van der Waals surface area contributed by atoms with Crippen molar-refractivity contribution in [3.8, 4) is 0 Å². The Labute approximate surface area is 162 Å². The van der Waals surface area contributed by atoms with Crippen LogP contribution >= 0.6 is 15.9 Å². The minimum absolute atomic E-state index is 0.00484. The van der Waals surface area contributed by atoms with Crippen LogP contribution in [0.3, 0.4) is 0 Å². The van der Waals surface area contributed by atoms with Gasteiger partial charge in [-0.3, -0.25) is 9.36 Å². The van der Waals surface area contributed by atoms with Gasteiger partial charge in [-0.15, -0.1) is 0 Å².